The molecule has 4 aromatic rings. The smallest absolute Gasteiger partial charge is 0.176 e. The molecule has 1 atom stereocenters. The standard InChI is InChI=1S/C24H25N3O3/c1-28-23-9-5-6-17-12-21(30-24(17)23)15-27-11-10-18(14-27)22-13-19(25-26-22)16-29-20-7-3-2-4-8-20/h2-9,12-13,18H,10-11,14-16H2,1H3,(H,25,26)/t18-/m0/s1. The van der Waals surface area contributed by atoms with Crippen LogP contribution in [-0.2, 0) is 13.2 Å². The number of nitrogens with one attached hydrogen (secondary N) is 1. The molecule has 1 N–H and O–H groups in total. The Hall–Kier alpha value is -3.25. The molecule has 0 saturated carbocycles. The second kappa shape index (κ2) is 8.24. The normalized spacial score (nSPS) is 16.9. The van der Waals surface area contributed by atoms with E-state index < -0.39 is 0 Å². The van der Waals surface area contributed by atoms with Gasteiger partial charge in [-0.1, -0.05) is 30.3 Å². The first-order valence-corrected chi connectivity index (χ1v) is 10.3. The van der Waals surface area contributed by atoms with Crippen molar-refractivity contribution in [1.29, 1.82) is 0 Å². The number of methoxy groups -OCH3 is 1. The number of furan rings is 1. The zero-order valence-electron chi connectivity index (χ0n) is 17.0. The van der Waals surface area contributed by atoms with Crippen molar-refractivity contribution >= 4 is 11.0 Å². The second-order valence-corrected chi connectivity index (χ2v) is 7.73. The molecule has 0 radical (unpaired) electrons. The van der Waals surface area contributed by atoms with E-state index in [1.54, 1.807) is 7.11 Å². The monoisotopic (exact) mass is 403 g/mol. The third kappa shape index (κ3) is 3.91. The van der Waals surface area contributed by atoms with Crippen molar-refractivity contribution in [2.24, 2.45) is 0 Å². The molecule has 1 aliphatic heterocycles. The first-order valence-electron chi connectivity index (χ1n) is 10.3. The lowest BCUT2D eigenvalue weighted by Gasteiger charge is -2.13. The Kier molecular flexibility index (Phi) is 5.15. The fourth-order valence-corrected chi connectivity index (χ4v) is 4.11. The summed E-state index contributed by atoms with van der Waals surface area (Å²) >= 11 is 0. The number of H-pyrrole nitrogens is 1. The van der Waals surface area contributed by atoms with Crippen molar-refractivity contribution in [3.05, 3.63) is 77.8 Å². The lowest BCUT2D eigenvalue weighted by Crippen LogP contribution is -2.19. The zero-order chi connectivity index (χ0) is 20.3. The van der Waals surface area contributed by atoms with Crippen LogP contribution in [0.3, 0.4) is 0 Å². The van der Waals surface area contributed by atoms with E-state index in [9.17, 15) is 0 Å². The van der Waals surface area contributed by atoms with Crippen LogP contribution in [0.4, 0.5) is 0 Å². The minimum atomic E-state index is 0.422. The average Bonchev–Trinajstić information content (AvgIpc) is 3.52. The molecule has 1 aliphatic rings. The van der Waals surface area contributed by atoms with E-state index in [0.29, 0.717) is 12.5 Å². The number of aromatic amines is 1. The molecule has 2 aromatic carbocycles. The zero-order valence-corrected chi connectivity index (χ0v) is 17.0. The van der Waals surface area contributed by atoms with Crippen molar-refractivity contribution in [2.45, 2.75) is 25.5 Å². The minimum Gasteiger partial charge on any atom is -0.493 e. The number of aromatic nitrogens is 2. The number of hydrogen-bond donors (Lipinski definition) is 1. The summed E-state index contributed by atoms with van der Waals surface area (Å²) in [7, 11) is 1.67. The van der Waals surface area contributed by atoms with Crippen molar-refractivity contribution in [3.8, 4) is 11.5 Å². The van der Waals surface area contributed by atoms with Gasteiger partial charge in [0.25, 0.3) is 0 Å². The molecule has 0 aliphatic carbocycles. The Balaban J connectivity index is 1.20. The van der Waals surface area contributed by atoms with Crippen molar-refractivity contribution in [2.75, 3.05) is 20.2 Å². The van der Waals surface area contributed by atoms with Crippen LogP contribution in [0.15, 0.2) is 65.1 Å². The largest absolute Gasteiger partial charge is 0.493 e. The van der Waals surface area contributed by atoms with Crippen molar-refractivity contribution < 1.29 is 13.9 Å². The van der Waals surface area contributed by atoms with Gasteiger partial charge >= 0.3 is 0 Å². The van der Waals surface area contributed by atoms with Gasteiger partial charge in [0, 0.05) is 17.8 Å². The quantitative estimate of drug-likeness (QED) is 0.483. The molecule has 30 heavy (non-hydrogen) atoms. The molecule has 0 bridgehead atoms. The predicted octanol–water partition coefficient (Wildman–Crippen LogP) is 4.73. The molecule has 0 unspecified atom stereocenters. The predicted molar refractivity (Wildman–Crippen MR) is 115 cm³/mol. The molecular formula is C24H25N3O3. The molecule has 3 heterocycles. The van der Waals surface area contributed by atoms with E-state index in [1.165, 1.54) is 0 Å². The van der Waals surface area contributed by atoms with E-state index >= 15 is 0 Å². The molecular weight excluding hydrogens is 378 g/mol. The summed E-state index contributed by atoms with van der Waals surface area (Å²) in [6.45, 7) is 3.29. The number of likely N-dealkylation sites (tertiary alicyclic amines) is 1. The molecule has 1 saturated heterocycles. The summed E-state index contributed by atoms with van der Waals surface area (Å²) in [6.07, 6.45) is 1.09. The Bertz CT molecular complexity index is 1120. The SMILES string of the molecule is COc1cccc2cc(CN3CC[C@H](c4cc(COc5ccccc5)[nH]n4)C3)oc12. The maximum absolute atomic E-state index is 6.07. The van der Waals surface area contributed by atoms with Gasteiger partial charge in [-0.3, -0.25) is 10.00 Å². The topological polar surface area (TPSA) is 63.5 Å². The molecule has 2 aromatic heterocycles. The third-order valence-electron chi connectivity index (χ3n) is 5.64. The number of nitrogens with zero attached hydrogens (tertiary/aromatic N) is 2. The van der Waals surface area contributed by atoms with E-state index in [0.717, 1.165) is 65.7 Å². The number of para-hydroxylation sites is 2. The van der Waals surface area contributed by atoms with Gasteiger partial charge in [-0.25, -0.2) is 0 Å². The van der Waals surface area contributed by atoms with Gasteiger partial charge in [0.05, 0.1) is 25.0 Å². The minimum absolute atomic E-state index is 0.422. The Labute approximate surface area is 175 Å². The molecule has 1 fully saturated rings. The number of ether oxygens (including phenoxy) is 2. The lowest BCUT2D eigenvalue weighted by molar-refractivity contribution is 0.296. The Morgan fingerprint density at radius 3 is 2.90 bits per heavy atom. The fraction of sp³-hybridized carbons (Fsp3) is 0.292. The molecule has 0 spiro atoms. The first-order chi connectivity index (χ1) is 14.8. The van der Waals surface area contributed by atoms with E-state index in [2.05, 4.69) is 33.3 Å². The van der Waals surface area contributed by atoms with Gasteiger partial charge in [0.15, 0.2) is 11.3 Å². The second-order valence-electron chi connectivity index (χ2n) is 7.73. The van der Waals surface area contributed by atoms with Crippen LogP contribution in [0.5, 0.6) is 11.5 Å². The molecule has 6 nitrogen and oxygen atoms in total. The summed E-state index contributed by atoms with van der Waals surface area (Å²) < 4.78 is 17.3. The van der Waals surface area contributed by atoms with E-state index in [-0.39, 0.29) is 0 Å². The molecule has 154 valence electrons. The fourth-order valence-electron chi connectivity index (χ4n) is 4.11. The maximum atomic E-state index is 6.07. The van der Waals surface area contributed by atoms with Gasteiger partial charge in [-0.2, -0.15) is 5.10 Å². The van der Waals surface area contributed by atoms with Gasteiger partial charge in [-0.15, -0.1) is 0 Å². The van der Waals surface area contributed by atoms with Crippen LogP contribution < -0.4 is 9.47 Å². The Morgan fingerprint density at radius 2 is 2.03 bits per heavy atom. The van der Waals surface area contributed by atoms with Gasteiger partial charge in [0.2, 0.25) is 0 Å². The number of hydrogen-bond acceptors (Lipinski definition) is 5. The van der Waals surface area contributed by atoms with Crippen LogP contribution in [-0.4, -0.2) is 35.3 Å². The highest BCUT2D eigenvalue weighted by Crippen LogP contribution is 2.31. The maximum Gasteiger partial charge on any atom is 0.176 e. The van der Waals surface area contributed by atoms with E-state index in [1.807, 2.05) is 42.5 Å². The highest BCUT2D eigenvalue weighted by atomic mass is 16.5. The summed E-state index contributed by atoms with van der Waals surface area (Å²) in [5.41, 5.74) is 2.92. The van der Waals surface area contributed by atoms with Crippen LogP contribution in [0.2, 0.25) is 0 Å². The third-order valence-corrected chi connectivity index (χ3v) is 5.64. The van der Waals surface area contributed by atoms with E-state index in [4.69, 9.17) is 13.9 Å². The summed E-state index contributed by atoms with van der Waals surface area (Å²) in [5, 5.41) is 8.74. The average molecular weight is 403 g/mol. The lowest BCUT2D eigenvalue weighted by atomic mass is 10.1. The number of rotatable bonds is 7. The van der Waals surface area contributed by atoms with Gasteiger partial charge < -0.3 is 13.9 Å². The Morgan fingerprint density at radius 1 is 1.13 bits per heavy atom. The summed E-state index contributed by atoms with van der Waals surface area (Å²) in [5.74, 6) is 3.03. The molecule has 5 rings (SSSR count). The molecule has 0 amide bonds. The van der Waals surface area contributed by atoms with Crippen LogP contribution >= 0.6 is 0 Å². The molecule has 6 heteroatoms. The van der Waals surface area contributed by atoms with Crippen LogP contribution in [0, 0.1) is 0 Å². The van der Waals surface area contributed by atoms with Gasteiger partial charge in [0.1, 0.15) is 18.1 Å². The van der Waals surface area contributed by atoms with Crippen molar-refractivity contribution in [1.82, 2.24) is 15.1 Å². The van der Waals surface area contributed by atoms with Crippen molar-refractivity contribution in [3.63, 3.8) is 0 Å². The summed E-state index contributed by atoms with van der Waals surface area (Å²) in [4.78, 5) is 2.42. The van der Waals surface area contributed by atoms with Crippen LogP contribution in [0.1, 0.15) is 29.5 Å². The summed E-state index contributed by atoms with van der Waals surface area (Å²) in [6, 6.07) is 20.1. The first kappa shape index (κ1) is 18.8. The van der Waals surface area contributed by atoms with Gasteiger partial charge in [-0.05, 0) is 43.3 Å². The highest BCUT2D eigenvalue weighted by molar-refractivity contribution is 5.83. The number of fused-ring (bicyclic) bond motifs is 1. The highest BCUT2D eigenvalue weighted by Gasteiger charge is 2.26. The number of benzene rings is 2. The van der Waals surface area contributed by atoms with Crippen LogP contribution in [0.25, 0.3) is 11.0 Å².